The lowest BCUT2D eigenvalue weighted by Crippen LogP contribution is -2.18. The van der Waals surface area contributed by atoms with E-state index in [1.807, 2.05) is 31.6 Å². The fourth-order valence-corrected chi connectivity index (χ4v) is 2.44. The van der Waals surface area contributed by atoms with Crippen molar-refractivity contribution in [2.45, 2.75) is 12.5 Å². The summed E-state index contributed by atoms with van der Waals surface area (Å²) in [6.07, 6.45) is 6.48. The van der Waals surface area contributed by atoms with Crippen LogP contribution in [0.1, 0.15) is 17.2 Å². The van der Waals surface area contributed by atoms with E-state index in [9.17, 15) is 0 Å². The fraction of sp³-hybridized carbons (Fsp3) is 0.176. The Kier molecular flexibility index (Phi) is 3.70. The highest BCUT2D eigenvalue weighted by molar-refractivity contribution is 5.79. The number of hydrogen-bond acceptors (Lipinski definition) is 3. The molecule has 3 heteroatoms. The van der Waals surface area contributed by atoms with Crippen LogP contribution in [0.15, 0.2) is 61.1 Å². The molecule has 0 saturated heterocycles. The quantitative estimate of drug-likeness (QED) is 0.786. The van der Waals surface area contributed by atoms with Crippen molar-refractivity contribution < 1.29 is 0 Å². The van der Waals surface area contributed by atoms with Crippen molar-refractivity contribution in [2.75, 3.05) is 7.05 Å². The fourth-order valence-electron chi connectivity index (χ4n) is 2.44. The van der Waals surface area contributed by atoms with E-state index in [1.54, 1.807) is 6.20 Å². The van der Waals surface area contributed by atoms with Crippen LogP contribution in [0, 0.1) is 0 Å². The number of fused-ring (bicyclic) bond motifs is 1. The Morgan fingerprint density at radius 1 is 1.10 bits per heavy atom. The smallest absolute Gasteiger partial charge is 0.0705 e. The van der Waals surface area contributed by atoms with E-state index in [0.717, 1.165) is 11.9 Å². The topological polar surface area (TPSA) is 37.8 Å². The van der Waals surface area contributed by atoms with Gasteiger partial charge in [0.1, 0.15) is 0 Å². The molecule has 3 aromatic rings. The Morgan fingerprint density at radius 2 is 2.00 bits per heavy atom. The third kappa shape index (κ3) is 2.68. The molecule has 1 aromatic carbocycles. The van der Waals surface area contributed by atoms with Crippen molar-refractivity contribution in [1.29, 1.82) is 0 Å². The van der Waals surface area contributed by atoms with Crippen molar-refractivity contribution in [3.8, 4) is 0 Å². The van der Waals surface area contributed by atoms with E-state index in [0.29, 0.717) is 0 Å². The second kappa shape index (κ2) is 5.80. The number of rotatable bonds is 4. The summed E-state index contributed by atoms with van der Waals surface area (Å²) in [6, 6.07) is 14.9. The third-order valence-electron chi connectivity index (χ3n) is 3.54. The van der Waals surface area contributed by atoms with Crippen LogP contribution >= 0.6 is 0 Å². The van der Waals surface area contributed by atoms with Gasteiger partial charge in [-0.15, -0.1) is 0 Å². The zero-order chi connectivity index (χ0) is 13.8. The molecule has 20 heavy (non-hydrogen) atoms. The standard InChI is InChI=1S/C17H17N3/c1-18-16(10-13-4-2-8-19-12-13)15-7-6-14-5-3-9-20-17(14)11-15/h2-9,11-12,16,18H,10H2,1H3. The minimum atomic E-state index is 0.269. The molecule has 1 N–H and O–H groups in total. The van der Waals surface area contributed by atoms with Crippen LogP contribution in [0.2, 0.25) is 0 Å². The molecule has 0 amide bonds. The van der Waals surface area contributed by atoms with Gasteiger partial charge in [0.15, 0.2) is 0 Å². The van der Waals surface area contributed by atoms with Crippen molar-refractivity contribution in [3.05, 3.63) is 72.2 Å². The molecule has 2 aromatic heterocycles. The summed E-state index contributed by atoms with van der Waals surface area (Å²) in [6.45, 7) is 0. The summed E-state index contributed by atoms with van der Waals surface area (Å²) in [5.41, 5.74) is 3.52. The number of pyridine rings is 2. The molecule has 3 nitrogen and oxygen atoms in total. The molecule has 1 unspecified atom stereocenters. The maximum absolute atomic E-state index is 4.43. The molecular formula is C17H17N3. The number of aromatic nitrogens is 2. The summed E-state index contributed by atoms with van der Waals surface area (Å²) in [7, 11) is 1.99. The first-order valence-corrected chi connectivity index (χ1v) is 6.77. The van der Waals surface area contributed by atoms with Gasteiger partial charge >= 0.3 is 0 Å². The molecule has 0 bridgehead atoms. The van der Waals surface area contributed by atoms with E-state index in [2.05, 4.69) is 45.6 Å². The van der Waals surface area contributed by atoms with E-state index < -0.39 is 0 Å². The van der Waals surface area contributed by atoms with Crippen molar-refractivity contribution in [2.24, 2.45) is 0 Å². The Bertz CT molecular complexity index is 695. The molecule has 0 saturated carbocycles. The lowest BCUT2D eigenvalue weighted by molar-refractivity contribution is 0.591. The highest BCUT2D eigenvalue weighted by atomic mass is 14.9. The number of nitrogens with zero attached hydrogens (tertiary/aromatic N) is 2. The lowest BCUT2D eigenvalue weighted by atomic mass is 9.99. The van der Waals surface area contributed by atoms with Crippen molar-refractivity contribution >= 4 is 10.9 Å². The summed E-state index contributed by atoms with van der Waals surface area (Å²) in [5.74, 6) is 0. The maximum atomic E-state index is 4.43. The Hall–Kier alpha value is -2.26. The van der Waals surface area contributed by atoms with Crippen LogP contribution in [0.5, 0.6) is 0 Å². The highest BCUT2D eigenvalue weighted by Gasteiger charge is 2.11. The van der Waals surface area contributed by atoms with Crippen molar-refractivity contribution in [1.82, 2.24) is 15.3 Å². The Morgan fingerprint density at radius 3 is 2.80 bits per heavy atom. The predicted molar refractivity (Wildman–Crippen MR) is 81.5 cm³/mol. The van der Waals surface area contributed by atoms with E-state index in [4.69, 9.17) is 0 Å². The van der Waals surface area contributed by atoms with E-state index in [-0.39, 0.29) is 6.04 Å². The van der Waals surface area contributed by atoms with E-state index in [1.165, 1.54) is 16.5 Å². The molecule has 0 spiro atoms. The SMILES string of the molecule is CNC(Cc1cccnc1)c1ccc2cccnc2c1. The van der Waals surface area contributed by atoms with E-state index >= 15 is 0 Å². The number of likely N-dealkylation sites (N-methyl/N-ethyl adjacent to an activating group) is 1. The summed E-state index contributed by atoms with van der Waals surface area (Å²) in [5, 5.41) is 4.55. The summed E-state index contributed by atoms with van der Waals surface area (Å²) in [4.78, 5) is 8.60. The van der Waals surface area contributed by atoms with Gasteiger partial charge in [-0.2, -0.15) is 0 Å². The molecule has 0 aliphatic carbocycles. The molecule has 100 valence electrons. The minimum Gasteiger partial charge on any atom is -0.313 e. The molecule has 2 heterocycles. The first-order chi connectivity index (χ1) is 9.86. The molecule has 0 aliphatic heterocycles. The van der Waals surface area contributed by atoms with Crippen LogP contribution in [0.4, 0.5) is 0 Å². The minimum absolute atomic E-state index is 0.269. The third-order valence-corrected chi connectivity index (χ3v) is 3.54. The van der Waals surface area contributed by atoms with Gasteiger partial charge in [0.2, 0.25) is 0 Å². The van der Waals surface area contributed by atoms with Gasteiger partial charge in [0, 0.05) is 30.0 Å². The van der Waals surface area contributed by atoms with Gasteiger partial charge < -0.3 is 5.32 Å². The normalized spacial score (nSPS) is 12.4. The van der Waals surface area contributed by atoms with Crippen LogP contribution < -0.4 is 5.32 Å². The zero-order valence-electron chi connectivity index (χ0n) is 11.5. The Balaban J connectivity index is 1.91. The van der Waals surface area contributed by atoms with Crippen LogP contribution in [0.25, 0.3) is 10.9 Å². The first-order valence-electron chi connectivity index (χ1n) is 6.77. The number of benzene rings is 1. The number of nitrogens with one attached hydrogen (secondary N) is 1. The summed E-state index contributed by atoms with van der Waals surface area (Å²) >= 11 is 0. The van der Waals surface area contributed by atoms with Crippen LogP contribution in [0.3, 0.4) is 0 Å². The zero-order valence-corrected chi connectivity index (χ0v) is 11.5. The van der Waals surface area contributed by atoms with Gasteiger partial charge in [-0.25, -0.2) is 0 Å². The molecule has 0 radical (unpaired) electrons. The molecule has 0 fully saturated rings. The van der Waals surface area contributed by atoms with Crippen LogP contribution in [-0.4, -0.2) is 17.0 Å². The molecular weight excluding hydrogens is 246 g/mol. The Labute approximate surface area is 118 Å². The second-order valence-electron chi connectivity index (χ2n) is 4.86. The summed E-state index contributed by atoms with van der Waals surface area (Å²) < 4.78 is 0. The number of hydrogen-bond donors (Lipinski definition) is 1. The largest absolute Gasteiger partial charge is 0.313 e. The van der Waals surface area contributed by atoms with Gasteiger partial charge in [-0.3, -0.25) is 9.97 Å². The predicted octanol–water partition coefficient (Wildman–Crippen LogP) is 3.13. The van der Waals surface area contributed by atoms with Crippen molar-refractivity contribution in [3.63, 3.8) is 0 Å². The van der Waals surface area contributed by atoms with Gasteiger partial charge in [0.25, 0.3) is 0 Å². The first kappa shape index (κ1) is 12.8. The van der Waals surface area contributed by atoms with Gasteiger partial charge in [0.05, 0.1) is 5.52 Å². The van der Waals surface area contributed by atoms with Crippen LogP contribution in [-0.2, 0) is 6.42 Å². The molecule has 3 rings (SSSR count). The molecule has 1 atom stereocenters. The molecule has 0 aliphatic rings. The lowest BCUT2D eigenvalue weighted by Gasteiger charge is -2.17. The van der Waals surface area contributed by atoms with Gasteiger partial charge in [-0.05, 0) is 42.8 Å². The highest BCUT2D eigenvalue weighted by Crippen LogP contribution is 2.21. The second-order valence-corrected chi connectivity index (χ2v) is 4.86. The average Bonchev–Trinajstić information content (AvgIpc) is 2.53. The monoisotopic (exact) mass is 263 g/mol. The average molecular weight is 263 g/mol. The maximum Gasteiger partial charge on any atom is 0.0705 e. The van der Waals surface area contributed by atoms with Gasteiger partial charge in [-0.1, -0.05) is 24.3 Å².